The molecule has 0 aliphatic carbocycles. The molecule has 0 radical (unpaired) electrons. The van der Waals surface area contributed by atoms with Crippen molar-refractivity contribution < 1.29 is 18.7 Å². The highest BCUT2D eigenvalue weighted by molar-refractivity contribution is 5.82. The number of halogens is 1. The van der Waals surface area contributed by atoms with E-state index in [1.165, 1.54) is 12.3 Å². The predicted molar refractivity (Wildman–Crippen MR) is 89.8 cm³/mol. The summed E-state index contributed by atoms with van der Waals surface area (Å²) in [5.74, 6) is -0.0318. The quantitative estimate of drug-likeness (QED) is 0.838. The molecule has 1 amide bonds. The van der Waals surface area contributed by atoms with Crippen molar-refractivity contribution in [3.05, 3.63) is 54.1 Å². The Morgan fingerprint density at radius 3 is 3.00 bits per heavy atom. The summed E-state index contributed by atoms with van der Waals surface area (Å²) in [7, 11) is 1.63. The van der Waals surface area contributed by atoms with Gasteiger partial charge in [0.15, 0.2) is 11.6 Å². The largest absolute Gasteiger partial charge is 0.453 e. The van der Waals surface area contributed by atoms with Crippen molar-refractivity contribution in [1.29, 1.82) is 0 Å². The van der Waals surface area contributed by atoms with Gasteiger partial charge in [-0.3, -0.25) is 9.78 Å². The van der Waals surface area contributed by atoms with Gasteiger partial charge in [0.05, 0.1) is 18.3 Å². The number of nitrogens with one attached hydrogen (secondary N) is 2. The summed E-state index contributed by atoms with van der Waals surface area (Å²) in [4.78, 5) is 16.0. The summed E-state index contributed by atoms with van der Waals surface area (Å²) in [6.45, 7) is 0.905. The third kappa shape index (κ3) is 4.52. The summed E-state index contributed by atoms with van der Waals surface area (Å²) in [5.41, 5.74) is 0.658. The van der Waals surface area contributed by atoms with Gasteiger partial charge in [-0.15, -0.1) is 0 Å². The van der Waals surface area contributed by atoms with Gasteiger partial charge in [0, 0.05) is 26.4 Å². The number of rotatable bonds is 6. The Bertz CT molecular complexity index is 727. The Morgan fingerprint density at radius 2 is 2.32 bits per heavy atom. The second kappa shape index (κ2) is 8.04. The number of benzene rings is 1. The standard InChI is InChI=1S/C18H20FN3O3/c1-24-14-8-16(21-11-14)18(23)22-9-12-4-5-17(15(19)7-12)25-13-3-2-6-20-10-13/h2-7,10,14,16,21H,8-9,11H2,1H3,(H,22,23)/t14-,16-/m0/s1. The van der Waals surface area contributed by atoms with Crippen LogP contribution in [0.2, 0.25) is 0 Å². The Labute approximate surface area is 145 Å². The zero-order chi connectivity index (χ0) is 17.6. The molecule has 2 N–H and O–H groups in total. The van der Waals surface area contributed by atoms with Crippen LogP contribution in [0.15, 0.2) is 42.7 Å². The summed E-state index contributed by atoms with van der Waals surface area (Å²) in [5, 5.41) is 5.91. The van der Waals surface area contributed by atoms with E-state index in [1.54, 1.807) is 37.6 Å². The molecule has 25 heavy (non-hydrogen) atoms. The number of carbonyl (C=O) groups is 1. The first kappa shape index (κ1) is 17.3. The van der Waals surface area contributed by atoms with Crippen LogP contribution in [0, 0.1) is 5.82 Å². The lowest BCUT2D eigenvalue weighted by Gasteiger charge is -2.12. The minimum atomic E-state index is -0.492. The van der Waals surface area contributed by atoms with Gasteiger partial charge in [0.2, 0.25) is 5.91 Å². The monoisotopic (exact) mass is 345 g/mol. The minimum Gasteiger partial charge on any atom is -0.453 e. The molecule has 0 unspecified atom stereocenters. The van der Waals surface area contributed by atoms with E-state index < -0.39 is 5.82 Å². The number of hydrogen-bond donors (Lipinski definition) is 2. The first-order chi connectivity index (χ1) is 12.2. The maximum atomic E-state index is 14.2. The number of methoxy groups -OCH3 is 1. The van der Waals surface area contributed by atoms with E-state index in [0.29, 0.717) is 24.3 Å². The Morgan fingerprint density at radius 1 is 1.44 bits per heavy atom. The maximum Gasteiger partial charge on any atom is 0.237 e. The second-order valence-electron chi connectivity index (χ2n) is 5.83. The van der Waals surface area contributed by atoms with Crippen molar-refractivity contribution in [2.24, 2.45) is 0 Å². The Hall–Kier alpha value is -2.51. The zero-order valence-electron chi connectivity index (χ0n) is 13.9. The van der Waals surface area contributed by atoms with Crippen LogP contribution < -0.4 is 15.4 Å². The first-order valence-electron chi connectivity index (χ1n) is 8.06. The molecule has 7 heteroatoms. The molecule has 2 heterocycles. The number of nitrogens with zero attached hydrogens (tertiary/aromatic N) is 1. The number of amides is 1. The van der Waals surface area contributed by atoms with E-state index in [4.69, 9.17) is 9.47 Å². The fraction of sp³-hybridized carbons (Fsp3) is 0.333. The smallest absolute Gasteiger partial charge is 0.237 e. The van der Waals surface area contributed by atoms with Crippen molar-refractivity contribution in [3.8, 4) is 11.5 Å². The van der Waals surface area contributed by atoms with E-state index >= 15 is 0 Å². The third-order valence-corrected chi connectivity index (χ3v) is 4.07. The van der Waals surface area contributed by atoms with Gasteiger partial charge in [0.25, 0.3) is 0 Å². The van der Waals surface area contributed by atoms with Crippen molar-refractivity contribution in [3.63, 3.8) is 0 Å². The van der Waals surface area contributed by atoms with Crippen LogP contribution in [0.4, 0.5) is 4.39 Å². The van der Waals surface area contributed by atoms with Crippen LogP contribution in [0.1, 0.15) is 12.0 Å². The van der Waals surface area contributed by atoms with Gasteiger partial charge in [-0.25, -0.2) is 4.39 Å². The molecule has 1 saturated heterocycles. The molecule has 2 atom stereocenters. The number of ether oxygens (including phenoxy) is 2. The Balaban J connectivity index is 1.55. The molecule has 1 aromatic carbocycles. The van der Waals surface area contributed by atoms with E-state index in [-0.39, 0.29) is 30.3 Å². The lowest BCUT2D eigenvalue weighted by Crippen LogP contribution is -2.40. The van der Waals surface area contributed by atoms with Crippen molar-refractivity contribution >= 4 is 5.91 Å². The zero-order valence-corrected chi connectivity index (χ0v) is 13.9. The number of hydrogen-bond acceptors (Lipinski definition) is 5. The molecule has 1 aliphatic heterocycles. The molecule has 132 valence electrons. The maximum absolute atomic E-state index is 14.2. The highest BCUT2D eigenvalue weighted by Crippen LogP contribution is 2.24. The fourth-order valence-electron chi connectivity index (χ4n) is 2.67. The predicted octanol–water partition coefficient (Wildman–Crippen LogP) is 2.01. The third-order valence-electron chi connectivity index (χ3n) is 4.07. The van der Waals surface area contributed by atoms with Gasteiger partial charge in [-0.1, -0.05) is 6.07 Å². The summed E-state index contributed by atoms with van der Waals surface area (Å²) in [6.07, 6.45) is 3.81. The van der Waals surface area contributed by atoms with E-state index in [0.717, 1.165) is 0 Å². The first-order valence-corrected chi connectivity index (χ1v) is 8.06. The van der Waals surface area contributed by atoms with Gasteiger partial charge in [-0.2, -0.15) is 0 Å². The van der Waals surface area contributed by atoms with Gasteiger partial charge >= 0.3 is 0 Å². The van der Waals surface area contributed by atoms with Crippen LogP contribution in [-0.2, 0) is 16.1 Å². The topological polar surface area (TPSA) is 72.5 Å². The van der Waals surface area contributed by atoms with Crippen molar-refractivity contribution in [1.82, 2.24) is 15.6 Å². The number of carbonyl (C=O) groups excluding carboxylic acids is 1. The Kier molecular flexibility index (Phi) is 5.57. The lowest BCUT2D eigenvalue weighted by atomic mass is 10.1. The average molecular weight is 345 g/mol. The molecular formula is C18H20FN3O3. The van der Waals surface area contributed by atoms with Gasteiger partial charge in [0.1, 0.15) is 5.75 Å². The lowest BCUT2D eigenvalue weighted by molar-refractivity contribution is -0.123. The average Bonchev–Trinajstić information content (AvgIpc) is 3.12. The molecule has 2 aromatic rings. The van der Waals surface area contributed by atoms with Crippen molar-refractivity contribution in [2.45, 2.75) is 25.1 Å². The number of pyridine rings is 1. The summed E-state index contributed by atoms with van der Waals surface area (Å²) in [6, 6.07) is 7.74. The molecule has 1 aliphatic rings. The van der Waals surface area contributed by atoms with Crippen LogP contribution in [0.3, 0.4) is 0 Å². The summed E-state index contributed by atoms with van der Waals surface area (Å²) >= 11 is 0. The summed E-state index contributed by atoms with van der Waals surface area (Å²) < 4.78 is 24.8. The molecule has 6 nitrogen and oxygen atoms in total. The molecule has 0 bridgehead atoms. The van der Waals surface area contributed by atoms with E-state index in [9.17, 15) is 9.18 Å². The molecule has 1 fully saturated rings. The van der Waals surface area contributed by atoms with E-state index in [1.807, 2.05) is 0 Å². The highest BCUT2D eigenvalue weighted by atomic mass is 19.1. The van der Waals surface area contributed by atoms with Crippen LogP contribution >= 0.6 is 0 Å². The van der Waals surface area contributed by atoms with Crippen LogP contribution in [0.5, 0.6) is 11.5 Å². The molecule has 1 aromatic heterocycles. The SMILES string of the molecule is CO[C@@H]1CN[C@H](C(=O)NCc2ccc(Oc3cccnc3)c(F)c2)C1. The van der Waals surface area contributed by atoms with E-state index in [2.05, 4.69) is 15.6 Å². The second-order valence-corrected chi connectivity index (χ2v) is 5.83. The van der Waals surface area contributed by atoms with Crippen LogP contribution in [0.25, 0.3) is 0 Å². The highest BCUT2D eigenvalue weighted by Gasteiger charge is 2.28. The van der Waals surface area contributed by atoms with Crippen molar-refractivity contribution in [2.75, 3.05) is 13.7 Å². The minimum absolute atomic E-state index is 0.0529. The molecule has 0 saturated carbocycles. The van der Waals surface area contributed by atoms with Gasteiger partial charge < -0.3 is 20.1 Å². The molecule has 0 spiro atoms. The van der Waals surface area contributed by atoms with Crippen LogP contribution in [-0.4, -0.2) is 36.7 Å². The fourth-order valence-corrected chi connectivity index (χ4v) is 2.67. The molecule has 3 rings (SSSR count). The molecular weight excluding hydrogens is 325 g/mol. The van der Waals surface area contributed by atoms with Gasteiger partial charge in [-0.05, 0) is 36.2 Å². The number of aromatic nitrogens is 1. The normalized spacial score (nSPS) is 19.6.